The molecule has 0 fully saturated rings. The largest absolute Gasteiger partial charge is 0.370 e. The first-order valence-corrected chi connectivity index (χ1v) is 6.24. The van der Waals surface area contributed by atoms with Gasteiger partial charge in [-0.2, -0.15) is 0 Å². The van der Waals surface area contributed by atoms with E-state index in [4.69, 9.17) is 10.6 Å². The number of nitrogens with one attached hydrogen (secondary N) is 1. The smallest absolute Gasteiger partial charge is 0.160 e. The Bertz CT molecular complexity index is 412. The third-order valence-corrected chi connectivity index (χ3v) is 2.90. The van der Waals surface area contributed by atoms with E-state index >= 15 is 0 Å². The molecule has 18 heavy (non-hydrogen) atoms. The number of aryl methyl sites for hydroxylation is 1. The molecule has 5 nitrogen and oxygen atoms in total. The SMILES string of the molecule is CCOC(c1nc(C)c(C)c(NN)n1)C(C)(C)C. The van der Waals surface area contributed by atoms with Gasteiger partial charge in [-0.1, -0.05) is 20.8 Å². The third kappa shape index (κ3) is 3.17. The fourth-order valence-electron chi connectivity index (χ4n) is 1.79. The average molecular weight is 252 g/mol. The monoisotopic (exact) mass is 252 g/mol. The highest BCUT2D eigenvalue weighted by molar-refractivity contribution is 5.44. The Kier molecular flexibility index (Phi) is 4.65. The molecule has 0 aliphatic carbocycles. The zero-order valence-corrected chi connectivity index (χ0v) is 12.2. The number of nitrogens with zero attached hydrogens (tertiary/aromatic N) is 2. The molecule has 0 spiro atoms. The first-order chi connectivity index (χ1) is 8.31. The summed E-state index contributed by atoms with van der Waals surface area (Å²) in [4.78, 5) is 9.00. The lowest BCUT2D eigenvalue weighted by molar-refractivity contribution is -0.0191. The molecule has 1 atom stereocenters. The molecule has 0 radical (unpaired) electrons. The molecule has 0 saturated carbocycles. The second-order valence-corrected chi connectivity index (χ2v) is 5.49. The van der Waals surface area contributed by atoms with Gasteiger partial charge >= 0.3 is 0 Å². The molecule has 3 N–H and O–H groups in total. The van der Waals surface area contributed by atoms with E-state index in [0.29, 0.717) is 18.2 Å². The van der Waals surface area contributed by atoms with E-state index in [1.807, 2.05) is 20.8 Å². The number of hydrogen-bond acceptors (Lipinski definition) is 5. The van der Waals surface area contributed by atoms with Crippen LogP contribution in [0.25, 0.3) is 0 Å². The molecule has 0 aliphatic rings. The van der Waals surface area contributed by atoms with Crippen LogP contribution in [0.4, 0.5) is 5.82 Å². The fourth-order valence-corrected chi connectivity index (χ4v) is 1.79. The molecular formula is C13H24N4O. The summed E-state index contributed by atoms with van der Waals surface area (Å²) in [5, 5.41) is 0. The van der Waals surface area contributed by atoms with Gasteiger partial charge in [0.2, 0.25) is 0 Å². The van der Waals surface area contributed by atoms with Gasteiger partial charge in [0.1, 0.15) is 11.9 Å². The van der Waals surface area contributed by atoms with Crippen LogP contribution in [0.5, 0.6) is 0 Å². The van der Waals surface area contributed by atoms with Crippen LogP contribution < -0.4 is 11.3 Å². The van der Waals surface area contributed by atoms with Crippen molar-refractivity contribution in [1.82, 2.24) is 9.97 Å². The van der Waals surface area contributed by atoms with Crippen molar-refractivity contribution in [3.05, 3.63) is 17.1 Å². The number of nitrogen functional groups attached to an aromatic ring is 1. The van der Waals surface area contributed by atoms with Gasteiger partial charge in [-0.15, -0.1) is 0 Å². The predicted octanol–water partition coefficient (Wildman–Crippen LogP) is 2.50. The van der Waals surface area contributed by atoms with Crippen LogP contribution in [-0.4, -0.2) is 16.6 Å². The second-order valence-electron chi connectivity index (χ2n) is 5.49. The fraction of sp³-hybridized carbons (Fsp3) is 0.692. The summed E-state index contributed by atoms with van der Waals surface area (Å²) < 4.78 is 5.79. The molecule has 1 aromatic rings. The molecule has 1 unspecified atom stereocenters. The molecule has 0 bridgehead atoms. The van der Waals surface area contributed by atoms with E-state index in [9.17, 15) is 0 Å². The topological polar surface area (TPSA) is 73.1 Å². The minimum Gasteiger partial charge on any atom is -0.370 e. The standard InChI is InChI=1S/C13H24N4O/c1-7-18-10(13(4,5)6)12-15-9(3)8(2)11(16-12)17-14/h10H,7,14H2,1-6H3,(H,15,16,17). The van der Waals surface area contributed by atoms with Crippen molar-refractivity contribution < 1.29 is 4.74 Å². The first-order valence-electron chi connectivity index (χ1n) is 6.24. The normalized spacial score (nSPS) is 13.5. The zero-order valence-electron chi connectivity index (χ0n) is 12.2. The lowest BCUT2D eigenvalue weighted by Gasteiger charge is -2.29. The van der Waals surface area contributed by atoms with Crippen LogP contribution in [0.1, 0.15) is 50.9 Å². The highest BCUT2D eigenvalue weighted by Crippen LogP contribution is 2.35. The number of hydrazine groups is 1. The number of aromatic nitrogens is 2. The van der Waals surface area contributed by atoms with E-state index < -0.39 is 0 Å². The summed E-state index contributed by atoms with van der Waals surface area (Å²) >= 11 is 0. The summed E-state index contributed by atoms with van der Waals surface area (Å²) in [7, 11) is 0. The maximum atomic E-state index is 5.79. The number of hydrogen-bond donors (Lipinski definition) is 2. The van der Waals surface area contributed by atoms with Crippen LogP contribution in [0.15, 0.2) is 0 Å². The van der Waals surface area contributed by atoms with Gasteiger partial charge in [0.25, 0.3) is 0 Å². The van der Waals surface area contributed by atoms with Gasteiger partial charge in [0, 0.05) is 17.9 Å². The van der Waals surface area contributed by atoms with E-state index in [2.05, 4.69) is 36.2 Å². The van der Waals surface area contributed by atoms with Gasteiger partial charge < -0.3 is 10.2 Å². The van der Waals surface area contributed by atoms with Crippen molar-refractivity contribution in [2.45, 2.75) is 47.6 Å². The van der Waals surface area contributed by atoms with Crippen molar-refractivity contribution in [3.63, 3.8) is 0 Å². The van der Waals surface area contributed by atoms with Gasteiger partial charge in [-0.3, -0.25) is 0 Å². The second kappa shape index (κ2) is 5.63. The van der Waals surface area contributed by atoms with Crippen molar-refractivity contribution in [1.29, 1.82) is 0 Å². The number of rotatable bonds is 4. The van der Waals surface area contributed by atoms with E-state index in [-0.39, 0.29) is 11.5 Å². The summed E-state index contributed by atoms with van der Waals surface area (Å²) in [5.41, 5.74) is 4.43. The minimum atomic E-state index is -0.145. The Morgan fingerprint density at radius 3 is 2.33 bits per heavy atom. The molecule has 1 aromatic heterocycles. The lowest BCUT2D eigenvalue weighted by atomic mass is 9.88. The van der Waals surface area contributed by atoms with Crippen molar-refractivity contribution in [3.8, 4) is 0 Å². The maximum Gasteiger partial charge on any atom is 0.160 e. The van der Waals surface area contributed by atoms with E-state index in [1.165, 1.54) is 0 Å². The highest BCUT2D eigenvalue weighted by Gasteiger charge is 2.30. The summed E-state index contributed by atoms with van der Waals surface area (Å²) in [5.74, 6) is 6.83. The van der Waals surface area contributed by atoms with Gasteiger partial charge in [-0.25, -0.2) is 15.8 Å². The summed E-state index contributed by atoms with van der Waals surface area (Å²) in [6.07, 6.45) is -0.145. The lowest BCUT2D eigenvalue weighted by Crippen LogP contribution is -2.25. The summed E-state index contributed by atoms with van der Waals surface area (Å²) in [6.45, 7) is 12.8. The average Bonchev–Trinajstić information content (AvgIpc) is 2.28. The van der Waals surface area contributed by atoms with E-state index in [1.54, 1.807) is 0 Å². The van der Waals surface area contributed by atoms with Gasteiger partial charge in [0.15, 0.2) is 5.82 Å². The summed E-state index contributed by atoms with van der Waals surface area (Å²) in [6, 6.07) is 0. The number of anilines is 1. The van der Waals surface area contributed by atoms with Crippen LogP contribution in [0, 0.1) is 19.3 Å². The molecule has 0 aromatic carbocycles. The van der Waals surface area contributed by atoms with Crippen molar-refractivity contribution in [2.75, 3.05) is 12.0 Å². The minimum absolute atomic E-state index is 0.0659. The molecule has 5 heteroatoms. The predicted molar refractivity (Wildman–Crippen MR) is 73.1 cm³/mol. The highest BCUT2D eigenvalue weighted by atomic mass is 16.5. The van der Waals surface area contributed by atoms with Crippen molar-refractivity contribution >= 4 is 5.82 Å². The van der Waals surface area contributed by atoms with Crippen LogP contribution in [0.2, 0.25) is 0 Å². The van der Waals surface area contributed by atoms with Crippen LogP contribution in [0.3, 0.4) is 0 Å². The molecular weight excluding hydrogens is 228 g/mol. The Labute approximate surface area is 109 Å². The number of ether oxygens (including phenoxy) is 1. The Balaban J connectivity index is 3.25. The van der Waals surface area contributed by atoms with Gasteiger partial charge in [0.05, 0.1) is 0 Å². The molecule has 1 heterocycles. The number of nitrogens with two attached hydrogens (primary N) is 1. The van der Waals surface area contributed by atoms with Gasteiger partial charge in [-0.05, 0) is 26.2 Å². The first kappa shape index (κ1) is 14.9. The third-order valence-electron chi connectivity index (χ3n) is 2.90. The molecule has 102 valence electrons. The molecule has 0 saturated heterocycles. The zero-order chi connectivity index (χ0) is 13.9. The quantitative estimate of drug-likeness (QED) is 0.636. The Morgan fingerprint density at radius 1 is 1.28 bits per heavy atom. The molecule has 0 aliphatic heterocycles. The van der Waals surface area contributed by atoms with Crippen LogP contribution >= 0.6 is 0 Å². The molecule has 1 rings (SSSR count). The van der Waals surface area contributed by atoms with E-state index in [0.717, 1.165) is 11.3 Å². The Hall–Kier alpha value is -1.20. The Morgan fingerprint density at radius 2 is 1.89 bits per heavy atom. The van der Waals surface area contributed by atoms with Crippen LogP contribution in [-0.2, 0) is 4.74 Å². The maximum absolute atomic E-state index is 5.79. The van der Waals surface area contributed by atoms with Crippen molar-refractivity contribution in [2.24, 2.45) is 11.3 Å². The molecule has 0 amide bonds.